The number of aryl methyl sites for hydroxylation is 1. The molecule has 0 radical (unpaired) electrons. The van der Waals surface area contributed by atoms with Crippen LogP contribution >= 0.6 is 0 Å². The third-order valence-corrected chi connectivity index (χ3v) is 5.20. The molecule has 3 aromatic heterocycles. The highest BCUT2D eigenvalue weighted by atomic mass is 16.2. The second kappa shape index (κ2) is 7.51. The summed E-state index contributed by atoms with van der Waals surface area (Å²) in [6, 6.07) is 9.32. The summed E-state index contributed by atoms with van der Waals surface area (Å²) in [6.45, 7) is 4.59. The van der Waals surface area contributed by atoms with Gasteiger partial charge in [0.2, 0.25) is 0 Å². The van der Waals surface area contributed by atoms with Gasteiger partial charge in [0.05, 0.1) is 16.7 Å². The fraction of sp³-hybridized carbons (Fsp3) is 0.238. The van der Waals surface area contributed by atoms with Crippen molar-refractivity contribution in [2.24, 2.45) is 0 Å². The van der Waals surface area contributed by atoms with Gasteiger partial charge in [-0.2, -0.15) is 5.10 Å². The van der Waals surface area contributed by atoms with Crippen LogP contribution in [0.2, 0.25) is 0 Å². The minimum atomic E-state index is 0.0117. The van der Waals surface area contributed by atoms with Crippen molar-refractivity contribution in [3.05, 3.63) is 66.5 Å². The number of carbonyl (C=O) groups excluding carboxylic acids is 1. The summed E-state index contributed by atoms with van der Waals surface area (Å²) in [5, 5.41) is 4.40. The average molecular weight is 400 g/mol. The van der Waals surface area contributed by atoms with Gasteiger partial charge in [-0.25, -0.2) is 14.6 Å². The third kappa shape index (κ3) is 3.45. The Bertz CT molecular complexity index is 1210. The second-order valence-electron chi connectivity index (χ2n) is 7.18. The van der Waals surface area contributed by atoms with Gasteiger partial charge in [-0.1, -0.05) is 0 Å². The van der Waals surface area contributed by atoms with Crippen LogP contribution < -0.4 is 4.90 Å². The number of nitrogens with zero attached hydrogens (tertiary/aromatic N) is 8. The molecular weight excluding hydrogens is 380 g/mol. The fourth-order valence-corrected chi connectivity index (χ4v) is 3.60. The number of carbonyl (C=O) groups is 1. The number of amides is 1. The van der Waals surface area contributed by atoms with Crippen LogP contribution in [-0.4, -0.2) is 66.7 Å². The Balaban J connectivity index is 1.28. The van der Waals surface area contributed by atoms with E-state index in [4.69, 9.17) is 0 Å². The SMILES string of the molecule is Cc1ccn(-c2cc(N3CCN(C(=O)c4ccc5nccnc5c4)CC3)ncn2)n1. The molecule has 1 aromatic carbocycles. The minimum absolute atomic E-state index is 0.0117. The van der Waals surface area contributed by atoms with E-state index in [0.29, 0.717) is 31.7 Å². The number of benzene rings is 1. The number of hydrogen-bond donors (Lipinski definition) is 0. The summed E-state index contributed by atoms with van der Waals surface area (Å²) in [7, 11) is 0. The molecule has 9 nitrogen and oxygen atoms in total. The fourth-order valence-electron chi connectivity index (χ4n) is 3.60. The molecule has 1 aliphatic rings. The van der Waals surface area contributed by atoms with Gasteiger partial charge in [0.25, 0.3) is 5.91 Å². The van der Waals surface area contributed by atoms with E-state index in [0.717, 1.165) is 28.4 Å². The topological polar surface area (TPSA) is 92.9 Å². The Morgan fingerprint density at radius 1 is 0.867 bits per heavy atom. The van der Waals surface area contributed by atoms with E-state index in [1.807, 2.05) is 42.3 Å². The van der Waals surface area contributed by atoms with Gasteiger partial charge >= 0.3 is 0 Å². The van der Waals surface area contributed by atoms with Gasteiger partial charge in [-0.15, -0.1) is 0 Å². The molecule has 1 saturated heterocycles. The standard InChI is InChI=1S/C21H20N8O/c1-15-4-7-29(26-15)20-13-19(24-14-25-20)27-8-10-28(11-9-27)21(30)16-2-3-17-18(12-16)23-6-5-22-17/h2-7,12-14H,8-11H2,1H3. The average Bonchev–Trinajstić information content (AvgIpc) is 3.25. The first kappa shape index (κ1) is 18.2. The molecule has 1 amide bonds. The Morgan fingerprint density at radius 3 is 2.40 bits per heavy atom. The van der Waals surface area contributed by atoms with Crippen molar-refractivity contribution < 1.29 is 4.79 Å². The summed E-state index contributed by atoms with van der Waals surface area (Å²) in [6.07, 6.45) is 6.71. The van der Waals surface area contributed by atoms with Gasteiger partial charge in [-0.05, 0) is 31.2 Å². The van der Waals surface area contributed by atoms with Crippen LogP contribution in [0, 0.1) is 6.92 Å². The van der Waals surface area contributed by atoms with Crippen LogP contribution in [0.1, 0.15) is 16.1 Å². The van der Waals surface area contributed by atoms with E-state index in [1.165, 1.54) is 0 Å². The molecule has 4 aromatic rings. The van der Waals surface area contributed by atoms with Crippen molar-refractivity contribution in [1.29, 1.82) is 0 Å². The zero-order chi connectivity index (χ0) is 20.5. The number of hydrogen-bond acceptors (Lipinski definition) is 7. The lowest BCUT2D eigenvalue weighted by molar-refractivity contribution is 0.0746. The molecule has 0 N–H and O–H groups in total. The Hall–Kier alpha value is -3.88. The smallest absolute Gasteiger partial charge is 0.254 e. The highest BCUT2D eigenvalue weighted by Gasteiger charge is 2.23. The lowest BCUT2D eigenvalue weighted by Gasteiger charge is -2.35. The molecule has 150 valence electrons. The molecule has 0 bridgehead atoms. The molecule has 1 aliphatic heterocycles. The van der Waals surface area contributed by atoms with E-state index in [2.05, 4.69) is 29.9 Å². The molecule has 0 saturated carbocycles. The molecule has 0 aliphatic carbocycles. The maximum Gasteiger partial charge on any atom is 0.254 e. The maximum absolute atomic E-state index is 13.0. The molecule has 0 spiro atoms. The summed E-state index contributed by atoms with van der Waals surface area (Å²) < 4.78 is 1.74. The number of rotatable bonds is 3. The van der Waals surface area contributed by atoms with Crippen LogP contribution in [0.25, 0.3) is 16.9 Å². The third-order valence-electron chi connectivity index (χ3n) is 5.20. The van der Waals surface area contributed by atoms with Crippen molar-refractivity contribution in [1.82, 2.24) is 34.6 Å². The number of piperazine rings is 1. The predicted octanol–water partition coefficient (Wildman–Crippen LogP) is 1.88. The highest BCUT2D eigenvalue weighted by Crippen LogP contribution is 2.18. The van der Waals surface area contributed by atoms with E-state index in [1.54, 1.807) is 29.5 Å². The van der Waals surface area contributed by atoms with Crippen LogP contribution in [0.3, 0.4) is 0 Å². The monoisotopic (exact) mass is 400 g/mol. The van der Waals surface area contributed by atoms with Crippen molar-refractivity contribution in [3.63, 3.8) is 0 Å². The van der Waals surface area contributed by atoms with Gasteiger partial charge < -0.3 is 9.80 Å². The first-order valence-corrected chi connectivity index (χ1v) is 9.77. The molecular formula is C21H20N8O. The predicted molar refractivity (Wildman–Crippen MR) is 112 cm³/mol. The zero-order valence-corrected chi connectivity index (χ0v) is 16.5. The van der Waals surface area contributed by atoms with Gasteiger partial charge in [-0.3, -0.25) is 14.8 Å². The van der Waals surface area contributed by atoms with Crippen LogP contribution in [0.4, 0.5) is 5.82 Å². The minimum Gasteiger partial charge on any atom is -0.353 e. The van der Waals surface area contributed by atoms with Gasteiger partial charge in [0.1, 0.15) is 12.1 Å². The van der Waals surface area contributed by atoms with E-state index >= 15 is 0 Å². The Morgan fingerprint density at radius 2 is 1.63 bits per heavy atom. The van der Waals surface area contributed by atoms with Crippen molar-refractivity contribution in [2.45, 2.75) is 6.92 Å². The largest absolute Gasteiger partial charge is 0.353 e. The molecule has 0 atom stereocenters. The van der Waals surface area contributed by atoms with E-state index in [-0.39, 0.29) is 5.91 Å². The Kier molecular flexibility index (Phi) is 4.55. The normalized spacial score (nSPS) is 14.3. The van der Waals surface area contributed by atoms with Crippen molar-refractivity contribution >= 4 is 22.8 Å². The van der Waals surface area contributed by atoms with Crippen molar-refractivity contribution in [2.75, 3.05) is 31.1 Å². The lowest BCUT2D eigenvalue weighted by atomic mass is 10.1. The first-order chi connectivity index (χ1) is 14.7. The first-order valence-electron chi connectivity index (χ1n) is 9.77. The molecule has 1 fully saturated rings. The van der Waals surface area contributed by atoms with Gasteiger partial charge in [0.15, 0.2) is 5.82 Å². The molecule has 30 heavy (non-hydrogen) atoms. The zero-order valence-electron chi connectivity index (χ0n) is 16.5. The van der Waals surface area contributed by atoms with Crippen LogP contribution in [-0.2, 0) is 0 Å². The molecule has 0 unspecified atom stereocenters. The maximum atomic E-state index is 13.0. The van der Waals surface area contributed by atoms with Crippen LogP contribution in [0.15, 0.2) is 55.2 Å². The van der Waals surface area contributed by atoms with E-state index in [9.17, 15) is 4.79 Å². The molecule has 9 heteroatoms. The summed E-state index contributed by atoms with van der Waals surface area (Å²) >= 11 is 0. The second-order valence-corrected chi connectivity index (χ2v) is 7.18. The van der Waals surface area contributed by atoms with Crippen LogP contribution in [0.5, 0.6) is 0 Å². The summed E-state index contributed by atoms with van der Waals surface area (Å²) in [5.41, 5.74) is 3.08. The molecule has 5 rings (SSSR count). The molecule has 4 heterocycles. The van der Waals surface area contributed by atoms with Gasteiger partial charge in [0, 0.05) is 56.4 Å². The highest BCUT2D eigenvalue weighted by molar-refractivity contribution is 5.97. The Labute approximate surface area is 173 Å². The van der Waals surface area contributed by atoms with Crippen molar-refractivity contribution in [3.8, 4) is 5.82 Å². The summed E-state index contributed by atoms with van der Waals surface area (Å²) in [5.74, 6) is 1.57. The number of aromatic nitrogens is 6. The number of anilines is 1. The lowest BCUT2D eigenvalue weighted by Crippen LogP contribution is -2.49. The quantitative estimate of drug-likeness (QED) is 0.518. The summed E-state index contributed by atoms with van der Waals surface area (Å²) in [4.78, 5) is 34.3. The van der Waals surface area contributed by atoms with E-state index < -0.39 is 0 Å². The number of fused-ring (bicyclic) bond motifs is 1.